The molecule has 1 amide bonds. The molecule has 6 heteroatoms. The van der Waals surface area contributed by atoms with E-state index < -0.39 is 0 Å². The van der Waals surface area contributed by atoms with E-state index >= 15 is 0 Å². The summed E-state index contributed by atoms with van der Waals surface area (Å²) in [5, 5.41) is 2.21. The summed E-state index contributed by atoms with van der Waals surface area (Å²) in [6.45, 7) is 12.4. The van der Waals surface area contributed by atoms with Crippen molar-refractivity contribution in [2.24, 2.45) is 11.8 Å². The number of hydrogen-bond acceptors (Lipinski definition) is 4. The minimum absolute atomic E-state index is 0.214. The molecule has 30 heavy (non-hydrogen) atoms. The van der Waals surface area contributed by atoms with Crippen LogP contribution in [-0.4, -0.2) is 53.5 Å². The molecule has 3 rings (SSSR count). The third-order valence-corrected chi connectivity index (χ3v) is 5.74. The molecule has 1 fully saturated rings. The second-order valence-electron chi connectivity index (χ2n) is 8.97. The minimum atomic E-state index is 0.214. The second kappa shape index (κ2) is 10.5. The molecule has 6 nitrogen and oxygen atoms in total. The first-order valence-electron chi connectivity index (χ1n) is 11.2. The van der Waals surface area contributed by atoms with Crippen LogP contribution in [0.25, 0.3) is 0 Å². The first kappa shape index (κ1) is 22.2. The van der Waals surface area contributed by atoms with Crippen LogP contribution in [0.15, 0.2) is 42.7 Å². The van der Waals surface area contributed by atoms with Crippen LogP contribution in [0.1, 0.15) is 44.9 Å². The van der Waals surface area contributed by atoms with E-state index in [2.05, 4.69) is 72.1 Å². The van der Waals surface area contributed by atoms with E-state index in [-0.39, 0.29) is 5.91 Å². The van der Waals surface area contributed by atoms with Crippen molar-refractivity contribution in [1.82, 2.24) is 14.9 Å². The third kappa shape index (κ3) is 6.02. The molecule has 1 aromatic heterocycles. The maximum atomic E-state index is 12.8. The molecule has 1 aliphatic rings. The zero-order chi connectivity index (χ0) is 21.5. The summed E-state index contributed by atoms with van der Waals surface area (Å²) in [6.07, 6.45) is 4.63. The molecule has 0 saturated carbocycles. The van der Waals surface area contributed by atoms with Crippen molar-refractivity contribution in [1.29, 1.82) is 0 Å². The van der Waals surface area contributed by atoms with Crippen molar-refractivity contribution in [2.45, 2.75) is 40.2 Å². The van der Waals surface area contributed by atoms with Crippen LogP contribution in [0.3, 0.4) is 0 Å². The van der Waals surface area contributed by atoms with E-state index in [1.165, 1.54) is 11.1 Å². The van der Waals surface area contributed by atoms with Crippen molar-refractivity contribution in [3.63, 3.8) is 0 Å². The summed E-state index contributed by atoms with van der Waals surface area (Å²) in [7, 11) is 0. The highest BCUT2D eigenvalue weighted by atomic mass is 16.2. The molecule has 0 unspecified atom stereocenters. The fourth-order valence-corrected chi connectivity index (χ4v) is 4.11. The zero-order valence-electron chi connectivity index (χ0n) is 18.8. The van der Waals surface area contributed by atoms with Crippen LogP contribution >= 0.6 is 0 Å². The van der Waals surface area contributed by atoms with Crippen LogP contribution in [-0.2, 0) is 11.2 Å². The van der Waals surface area contributed by atoms with Gasteiger partial charge in [-0.2, -0.15) is 0 Å². The number of hydrogen-bond donors (Lipinski definition) is 1. The van der Waals surface area contributed by atoms with Gasteiger partial charge in [-0.05, 0) is 24.0 Å². The summed E-state index contributed by atoms with van der Waals surface area (Å²) in [5.74, 6) is 2.08. The minimum Gasteiger partial charge on any atom is -0.337 e. The number of piperazine rings is 1. The summed E-state index contributed by atoms with van der Waals surface area (Å²) >= 11 is 0. The van der Waals surface area contributed by atoms with Crippen LogP contribution < -0.4 is 10.2 Å². The Bertz CT molecular complexity index is 783. The monoisotopic (exact) mass is 410 g/mol. The van der Waals surface area contributed by atoms with Gasteiger partial charge in [0.25, 0.3) is 5.91 Å². The van der Waals surface area contributed by atoms with Crippen LogP contribution in [0.2, 0.25) is 0 Å². The van der Waals surface area contributed by atoms with Gasteiger partial charge >= 0.3 is 0 Å². The summed E-state index contributed by atoms with van der Waals surface area (Å²) in [4.78, 5) is 25.6. The predicted molar refractivity (Wildman–Crippen MR) is 120 cm³/mol. The number of benzene rings is 1. The Labute approximate surface area is 180 Å². The highest BCUT2D eigenvalue weighted by molar-refractivity contribution is 5.77. The molecule has 1 saturated heterocycles. The fraction of sp³-hybridized carbons (Fsp3) is 0.542. The standard InChI is InChI=1S/C24H35N5O/c1-18(2)16-20-6-8-21(9-7-20)23(19(3)4)27-17-22(30)28-12-14-29(15-13-28)24-25-10-5-11-26-24/h5-11,18-19,23,27H,12-17H2,1-4H3/p+1/t23-/m0/s1. The highest BCUT2D eigenvalue weighted by Gasteiger charge is 2.26. The molecule has 162 valence electrons. The summed E-state index contributed by atoms with van der Waals surface area (Å²) in [5.41, 5.74) is 2.68. The SMILES string of the molecule is CC(C)Cc1ccc([C@@H]([NH2+]CC(=O)N2CCN(c3ncccn3)CC2)C(C)C)cc1. The number of aromatic nitrogens is 2. The molecule has 0 aliphatic carbocycles. The van der Waals surface area contributed by atoms with Gasteiger partial charge in [0, 0.05) is 50.1 Å². The molecule has 1 atom stereocenters. The lowest BCUT2D eigenvalue weighted by Crippen LogP contribution is -2.88. The van der Waals surface area contributed by atoms with Gasteiger partial charge in [0.2, 0.25) is 5.95 Å². The van der Waals surface area contributed by atoms with Gasteiger partial charge < -0.3 is 15.1 Å². The summed E-state index contributed by atoms with van der Waals surface area (Å²) < 4.78 is 0. The average Bonchev–Trinajstić information content (AvgIpc) is 2.75. The molecule has 1 aromatic carbocycles. The van der Waals surface area contributed by atoms with E-state index in [1.54, 1.807) is 12.4 Å². The van der Waals surface area contributed by atoms with E-state index in [1.807, 2.05) is 11.0 Å². The van der Waals surface area contributed by atoms with Gasteiger partial charge in [0.1, 0.15) is 6.04 Å². The van der Waals surface area contributed by atoms with E-state index in [0.717, 1.165) is 38.5 Å². The lowest BCUT2D eigenvalue weighted by atomic mass is 9.93. The normalized spacial score (nSPS) is 15.7. The molecule has 1 aliphatic heterocycles. The topological polar surface area (TPSA) is 65.9 Å². The Balaban J connectivity index is 1.52. The van der Waals surface area contributed by atoms with Crippen molar-refractivity contribution in [3.8, 4) is 0 Å². The Morgan fingerprint density at radius 2 is 1.63 bits per heavy atom. The number of nitrogens with two attached hydrogens (primary N) is 1. The largest absolute Gasteiger partial charge is 0.337 e. The molecule has 0 bridgehead atoms. The van der Waals surface area contributed by atoms with Gasteiger partial charge in [-0.1, -0.05) is 52.0 Å². The van der Waals surface area contributed by atoms with Crippen molar-refractivity contribution in [2.75, 3.05) is 37.6 Å². The summed E-state index contributed by atoms with van der Waals surface area (Å²) in [6, 6.07) is 11.1. The number of anilines is 1. The predicted octanol–water partition coefficient (Wildman–Crippen LogP) is 2.28. The zero-order valence-corrected chi connectivity index (χ0v) is 18.8. The van der Waals surface area contributed by atoms with Gasteiger partial charge in [-0.3, -0.25) is 4.79 Å². The number of amides is 1. The number of rotatable bonds is 8. The van der Waals surface area contributed by atoms with E-state index in [0.29, 0.717) is 24.4 Å². The molecule has 0 radical (unpaired) electrons. The Kier molecular flexibility index (Phi) is 7.80. The quantitative estimate of drug-likeness (QED) is 0.725. The van der Waals surface area contributed by atoms with Crippen LogP contribution in [0, 0.1) is 11.8 Å². The van der Waals surface area contributed by atoms with Crippen molar-refractivity contribution in [3.05, 3.63) is 53.9 Å². The number of carbonyl (C=O) groups excluding carboxylic acids is 1. The van der Waals surface area contributed by atoms with Gasteiger partial charge in [0.05, 0.1) is 0 Å². The van der Waals surface area contributed by atoms with Crippen molar-refractivity contribution >= 4 is 11.9 Å². The first-order valence-corrected chi connectivity index (χ1v) is 11.2. The maximum absolute atomic E-state index is 12.8. The Morgan fingerprint density at radius 3 is 2.20 bits per heavy atom. The third-order valence-electron chi connectivity index (χ3n) is 5.74. The Morgan fingerprint density at radius 1 is 1.00 bits per heavy atom. The molecular formula is C24H36N5O+. The fourth-order valence-electron chi connectivity index (χ4n) is 4.11. The molecule has 2 heterocycles. The second-order valence-corrected chi connectivity index (χ2v) is 8.97. The number of carbonyl (C=O) groups is 1. The van der Waals surface area contributed by atoms with Gasteiger partial charge in [0.15, 0.2) is 6.54 Å². The lowest BCUT2D eigenvalue weighted by Gasteiger charge is -2.34. The smallest absolute Gasteiger partial charge is 0.277 e. The van der Waals surface area contributed by atoms with Crippen LogP contribution in [0.5, 0.6) is 0 Å². The van der Waals surface area contributed by atoms with Crippen LogP contribution in [0.4, 0.5) is 5.95 Å². The molecule has 0 spiro atoms. The lowest BCUT2D eigenvalue weighted by molar-refractivity contribution is -0.692. The molecule has 2 aromatic rings. The first-order chi connectivity index (χ1) is 14.4. The Hall–Kier alpha value is -2.47. The van der Waals surface area contributed by atoms with Gasteiger partial charge in [-0.25, -0.2) is 9.97 Å². The molecule has 2 N–H and O–H groups in total. The van der Waals surface area contributed by atoms with E-state index in [4.69, 9.17) is 0 Å². The van der Waals surface area contributed by atoms with Gasteiger partial charge in [-0.15, -0.1) is 0 Å². The number of nitrogens with zero attached hydrogens (tertiary/aromatic N) is 4. The average molecular weight is 411 g/mol. The van der Waals surface area contributed by atoms with E-state index in [9.17, 15) is 4.79 Å². The van der Waals surface area contributed by atoms with Crippen molar-refractivity contribution < 1.29 is 10.1 Å². The number of quaternary nitrogens is 1. The highest BCUT2D eigenvalue weighted by Crippen LogP contribution is 2.19. The maximum Gasteiger partial charge on any atom is 0.277 e. The molecular weight excluding hydrogens is 374 g/mol.